The minimum atomic E-state index is -0.418. The average Bonchev–Trinajstić information content (AvgIpc) is 2.73. The maximum atomic E-state index is 12.9. The van der Waals surface area contributed by atoms with Crippen LogP contribution in [-0.4, -0.2) is 24.9 Å². The minimum Gasteiger partial charge on any atom is -0.354 e. The van der Waals surface area contributed by atoms with Gasteiger partial charge in [-0.05, 0) is 29.3 Å². The molecule has 0 aliphatic heterocycles. The molecule has 6 heteroatoms. The highest BCUT2D eigenvalue weighted by atomic mass is 35.5. The summed E-state index contributed by atoms with van der Waals surface area (Å²) in [7, 11) is 0. The van der Waals surface area contributed by atoms with E-state index < -0.39 is 5.92 Å². The van der Waals surface area contributed by atoms with E-state index in [1.54, 1.807) is 12.1 Å². The van der Waals surface area contributed by atoms with Gasteiger partial charge < -0.3 is 10.6 Å². The van der Waals surface area contributed by atoms with E-state index in [0.29, 0.717) is 17.1 Å². The first-order chi connectivity index (χ1) is 14.1. The van der Waals surface area contributed by atoms with Crippen LogP contribution < -0.4 is 10.6 Å². The lowest BCUT2D eigenvalue weighted by atomic mass is 9.90. The quantitative estimate of drug-likeness (QED) is 0.539. The minimum absolute atomic E-state index is 0.124. The Hall–Kier alpha value is -2.82. The highest BCUT2D eigenvalue weighted by molar-refractivity contribution is 6.36. The Labute approximate surface area is 179 Å². The molecule has 3 rings (SSSR count). The highest BCUT2D eigenvalue weighted by Crippen LogP contribution is 2.24. The third kappa shape index (κ3) is 5.59. The Morgan fingerprint density at radius 3 is 1.86 bits per heavy atom. The molecular formula is C23H20Cl2N2O2. The van der Waals surface area contributed by atoms with Gasteiger partial charge in [0, 0.05) is 18.1 Å². The van der Waals surface area contributed by atoms with Gasteiger partial charge in [-0.1, -0.05) is 83.9 Å². The lowest BCUT2D eigenvalue weighted by Gasteiger charge is -2.18. The molecule has 0 fully saturated rings. The topological polar surface area (TPSA) is 58.2 Å². The molecular weight excluding hydrogens is 407 g/mol. The molecule has 29 heavy (non-hydrogen) atoms. The molecule has 0 saturated carbocycles. The predicted octanol–water partition coefficient (Wildman–Crippen LogP) is 4.67. The summed E-state index contributed by atoms with van der Waals surface area (Å²) in [5, 5.41) is 6.40. The summed E-state index contributed by atoms with van der Waals surface area (Å²) in [5.41, 5.74) is 2.16. The van der Waals surface area contributed by atoms with E-state index in [0.717, 1.165) is 11.1 Å². The molecule has 0 bridgehead atoms. The summed E-state index contributed by atoms with van der Waals surface area (Å²) in [4.78, 5) is 25.1. The average molecular weight is 427 g/mol. The van der Waals surface area contributed by atoms with Gasteiger partial charge in [-0.15, -0.1) is 0 Å². The number of carbonyl (C=O) groups excluding carboxylic acids is 2. The van der Waals surface area contributed by atoms with Gasteiger partial charge in [-0.3, -0.25) is 9.59 Å². The van der Waals surface area contributed by atoms with E-state index in [1.807, 2.05) is 60.7 Å². The van der Waals surface area contributed by atoms with E-state index in [4.69, 9.17) is 23.2 Å². The highest BCUT2D eigenvalue weighted by Gasteiger charge is 2.22. The van der Waals surface area contributed by atoms with Crippen LogP contribution in [0.3, 0.4) is 0 Å². The molecule has 0 aliphatic rings. The van der Waals surface area contributed by atoms with E-state index in [9.17, 15) is 9.59 Å². The van der Waals surface area contributed by atoms with E-state index >= 15 is 0 Å². The van der Waals surface area contributed by atoms with Crippen molar-refractivity contribution in [2.75, 3.05) is 13.1 Å². The van der Waals surface area contributed by atoms with E-state index in [-0.39, 0.29) is 23.4 Å². The summed E-state index contributed by atoms with van der Waals surface area (Å²) < 4.78 is 0. The van der Waals surface area contributed by atoms with Gasteiger partial charge in [0.15, 0.2) is 0 Å². The number of rotatable bonds is 7. The molecule has 0 aliphatic carbocycles. The van der Waals surface area contributed by atoms with Gasteiger partial charge in [0.25, 0.3) is 5.91 Å². The van der Waals surface area contributed by atoms with Crippen molar-refractivity contribution in [3.8, 4) is 0 Å². The molecule has 2 N–H and O–H groups in total. The fourth-order valence-corrected chi connectivity index (χ4v) is 3.51. The fraction of sp³-hybridized carbons (Fsp3) is 0.130. The first-order valence-electron chi connectivity index (χ1n) is 9.17. The molecule has 4 nitrogen and oxygen atoms in total. The van der Waals surface area contributed by atoms with E-state index in [2.05, 4.69) is 10.6 Å². The van der Waals surface area contributed by atoms with Crippen LogP contribution in [0.25, 0.3) is 0 Å². The maximum Gasteiger partial charge on any atom is 0.252 e. The van der Waals surface area contributed by atoms with Crippen molar-refractivity contribution in [2.45, 2.75) is 5.92 Å². The van der Waals surface area contributed by atoms with Crippen LogP contribution >= 0.6 is 23.2 Å². The number of carbonyl (C=O) groups is 2. The number of hydrogen-bond acceptors (Lipinski definition) is 2. The molecule has 0 atom stereocenters. The molecule has 0 saturated heterocycles. The second-order valence-electron chi connectivity index (χ2n) is 6.43. The predicted molar refractivity (Wildman–Crippen MR) is 117 cm³/mol. The first kappa shape index (κ1) is 20.9. The number of hydrogen-bond donors (Lipinski definition) is 2. The SMILES string of the molecule is O=C(NCCNC(=O)C(c1ccccc1)c1ccccc1)c1ccc(Cl)cc1Cl. The fourth-order valence-electron chi connectivity index (χ4n) is 3.02. The largest absolute Gasteiger partial charge is 0.354 e. The molecule has 148 valence electrons. The smallest absolute Gasteiger partial charge is 0.252 e. The summed E-state index contributed by atoms with van der Waals surface area (Å²) in [6, 6.07) is 23.9. The Kier molecular flexibility index (Phi) is 7.28. The zero-order valence-electron chi connectivity index (χ0n) is 15.6. The monoisotopic (exact) mass is 426 g/mol. The van der Waals surface area contributed by atoms with Gasteiger partial charge in [0.05, 0.1) is 16.5 Å². The van der Waals surface area contributed by atoms with Crippen molar-refractivity contribution in [2.24, 2.45) is 0 Å². The molecule has 0 unspecified atom stereocenters. The van der Waals surface area contributed by atoms with Gasteiger partial charge in [0.1, 0.15) is 0 Å². The van der Waals surface area contributed by atoms with Gasteiger partial charge in [-0.2, -0.15) is 0 Å². The third-order valence-electron chi connectivity index (χ3n) is 4.41. The molecule has 0 radical (unpaired) electrons. The van der Waals surface area contributed by atoms with E-state index in [1.165, 1.54) is 6.07 Å². The molecule has 3 aromatic rings. The summed E-state index contributed by atoms with van der Waals surface area (Å²) >= 11 is 11.9. The third-order valence-corrected chi connectivity index (χ3v) is 4.96. The van der Waals surface area contributed by atoms with Crippen LogP contribution in [0.4, 0.5) is 0 Å². The number of nitrogens with one attached hydrogen (secondary N) is 2. The lowest BCUT2D eigenvalue weighted by molar-refractivity contribution is -0.121. The molecule has 2 amide bonds. The zero-order valence-corrected chi connectivity index (χ0v) is 17.1. The van der Waals surface area contributed by atoms with Crippen molar-refractivity contribution in [1.82, 2.24) is 10.6 Å². The number of halogens is 2. The standard InChI is InChI=1S/C23H20Cl2N2O2/c24-18-11-12-19(20(25)15-18)22(28)26-13-14-27-23(29)21(16-7-3-1-4-8-16)17-9-5-2-6-10-17/h1-12,15,21H,13-14H2,(H,26,28)(H,27,29). The Morgan fingerprint density at radius 1 is 0.759 bits per heavy atom. The van der Waals surface area contributed by atoms with Crippen LogP contribution in [0.5, 0.6) is 0 Å². The number of benzene rings is 3. The van der Waals surface area contributed by atoms with Gasteiger partial charge in [-0.25, -0.2) is 0 Å². The Morgan fingerprint density at radius 2 is 1.31 bits per heavy atom. The van der Waals surface area contributed by atoms with Crippen molar-refractivity contribution < 1.29 is 9.59 Å². The lowest BCUT2D eigenvalue weighted by Crippen LogP contribution is -2.37. The van der Waals surface area contributed by atoms with Crippen molar-refractivity contribution in [3.63, 3.8) is 0 Å². The van der Waals surface area contributed by atoms with Crippen molar-refractivity contribution in [1.29, 1.82) is 0 Å². The summed E-state index contributed by atoms with van der Waals surface area (Å²) in [6.45, 7) is 0.575. The molecule has 0 aromatic heterocycles. The van der Waals surface area contributed by atoms with Crippen LogP contribution in [0, 0.1) is 0 Å². The molecule has 3 aromatic carbocycles. The second-order valence-corrected chi connectivity index (χ2v) is 7.27. The first-order valence-corrected chi connectivity index (χ1v) is 9.92. The van der Waals surface area contributed by atoms with Gasteiger partial charge in [0.2, 0.25) is 5.91 Å². The molecule has 0 heterocycles. The zero-order chi connectivity index (χ0) is 20.6. The van der Waals surface area contributed by atoms with Crippen molar-refractivity contribution in [3.05, 3.63) is 106 Å². The Balaban J connectivity index is 1.60. The van der Waals surface area contributed by atoms with Crippen LogP contribution in [0.15, 0.2) is 78.9 Å². The maximum absolute atomic E-state index is 12.9. The van der Waals surface area contributed by atoms with Crippen LogP contribution in [0.2, 0.25) is 10.0 Å². The second kappa shape index (κ2) is 10.1. The van der Waals surface area contributed by atoms with Crippen molar-refractivity contribution >= 4 is 35.0 Å². The van der Waals surface area contributed by atoms with Crippen LogP contribution in [0.1, 0.15) is 27.4 Å². The van der Waals surface area contributed by atoms with Crippen LogP contribution in [-0.2, 0) is 4.79 Å². The summed E-state index contributed by atoms with van der Waals surface area (Å²) in [6.07, 6.45) is 0. The summed E-state index contributed by atoms with van der Waals surface area (Å²) in [5.74, 6) is -0.858. The molecule has 0 spiro atoms. The van der Waals surface area contributed by atoms with Gasteiger partial charge >= 0.3 is 0 Å². The Bertz CT molecular complexity index is 939. The normalized spacial score (nSPS) is 10.6. The number of amides is 2.